The van der Waals surface area contributed by atoms with E-state index in [0.29, 0.717) is 28.2 Å². The number of likely N-dealkylation sites (tertiary alicyclic amines) is 1. The number of hydrogen-bond acceptors (Lipinski definition) is 4. The Morgan fingerprint density at radius 3 is 2.96 bits per heavy atom. The molecule has 128 valence electrons. The van der Waals surface area contributed by atoms with Crippen LogP contribution in [0, 0.1) is 5.92 Å². The summed E-state index contributed by atoms with van der Waals surface area (Å²) < 4.78 is 0. The van der Waals surface area contributed by atoms with Gasteiger partial charge in [0.05, 0.1) is 5.02 Å². The molecule has 1 amide bonds. The lowest BCUT2D eigenvalue weighted by Crippen LogP contribution is -2.49. The van der Waals surface area contributed by atoms with E-state index < -0.39 is 0 Å². The van der Waals surface area contributed by atoms with Gasteiger partial charge in [-0.25, -0.2) is 4.98 Å². The van der Waals surface area contributed by atoms with E-state index in [0.717, 1.165) is 30.0 Å². The molecule has 2 aromatic rings. The topological polar surface area (TPSA) is 59.2 Å². The van der Waals surface area contributed by atoms with Crippen molar-refractivity contribution in [2.75, 3.05) is 13.1 Å². The summed E-state index contributed by atoms with van der Waals surface area (Å²) in [5, 5.41) is 3.61. The average Bonchev–Trinajstić information content (AvgIpc) is 3.03. The molecule has 1 saturated heterocycles. The molecule has 2 N–H and O–H groups in total. The fourth-order valence-electron chi connectivity index (χ4n) is 3.05. The highest BCUT2D eigenvalue weighted by Crippen LogP contribution is 2.33. The first-order valence-electron chi connectivity index (χ1n) is 7.91. The lowest BCUT2D eigenvalue weighted by molar-refractivity contribution is 0.0568. The van der Waals surface area contributed by atoms with Crippen LogP contribution < -0.4 is 5.73 Å². The third-order valence-corrected chi connectivity index (χ3v) is 5.82. The van der Waals surface area contributed by atoms with Crippen LogP contribution in [0.2, 0.25) is 10.0 Å². The quantitative estimate of drug-likeness (QED) is 0.858. The van der Waals surface area contributed by atoms with Crippen molar-refractivity contribution >= 4 is 40.4 Å². The zero-order valence-electron chi connectivity index (χ0n) is 13.3. The number of aromatic nitrogens is 1. The molecule has 2 heterocycles. The van der Waals surface area contributed by atoms with E-state index in [2.05, 4.69) is 11.9 Å². The maximum atomic E-state index is 12.8. The molecule has 2 atom stereocenters. The van der Waals surface area contributed by atoms with Gasteiger partial charge in [-0.15, -0.1) is 11.3 Å². The van der Waals surface area contributed by atoms with Gasteiger partial charge in [-0.1, -0.05) is 30.1 Å². The third-order valence-electron chi connectivity index (χ3n) is 4.40. The Labute approximate surface area is 155 Å². The van der Waals surface area contributed by atoms with Gasteiger partial charge in [0.15, 0.2) is 0 Å². The smallest absolute Gasteiger partial charge is 0.273 e. The van der Waals surface area contributed by atoms with E-state index in [-0.39, 0.29) is 11.9 Å². The minimum absolute atomic E-state index is 0.0510. The highest BCUT2D eigenvalue weighted by Gasteiger charge is 2.30. The van der Waals surface area contributed by atoms with Crippen molar-refractivity contribution in [3.8, 4) is 10.6 Å². The molecule has 2 unspecified atom stereocenters. The molecule has 1 aliphatic heterocycles. The summed E-state index contributed by atoms with van der Waals surface area (Å²) in [6.07, 6.45) is 1.95. The first-order valence-corrected chi connectivity index (χ1v) is 9.55. The molecule has 0 saturated carbocycles. The van der Waals surface area contributed by atoms with Gasteiger partial charge in [0.25, 0.3) is 5.91 Å². The molecule has 1 fully saturated rings. The Morgan fingerprint density at radius 1 is 1.46 bits per heavy atom. The van der Waals surface area contributed by atoms with Gasteiger partial charge in [0.1, 0.15) is 10.7 Å². The van der Waals surface area contributed by atoms with E-state index in [1.807, 2.05) is 11.0 Å². The predicted molar refractivity (Wildman–Crippen MR) is 99.8 cm³/mol. The number of carbonyl (C=O) groups is 1. The second-order valence-electron chi connectivity index (χ2n) is 6.18. The van der Waals surface area contributed by atoms with Crippen LogP contribution in [0.15, 0.2) is 23.6 Å². The molecular weight excluding hydrogens is 365 g/mol. The first kappa shape index (κ1) is 17.7. The highest BCUT2D eigenvalue weighted by molar-refractivity contribution is 7.13. The molecule has 1 aromatic carbocycles. The number of hydrogen-bond donors (Lipinski definition) is 1. The number of piperidine rings is 1. The monoisotopic (exact) mass is 383 g/mol. The lowest BCUT2D eigenvalue weighted by Gasteiger charge is -2.37. The Bertz CT molecular complexity index is 749. The number of halogens is 2. The summed E-state index contributed by atoms with van der Waals surface area (Å²) in [6.45, 7) is 3.42. The number of amides is 1. The molecule has 7 heteroatoms. The van der Waals surface area contributed by atoms with Crippen LogP contribution in [0.4, 0.5) is 0 Å². The van der Waals surface area contributed by atoms with E-state index in [1.54, 1.807) is 17.5 Å². The van der Waals surface area contributed by atoms with Gasteiger partial charge >= 0.3 is 0 Å². The van der Waals surface area contributed by atoms with Gasteiger partial charge in [0.2, 0.25) is 0 Å². The second-order valence-corrected chi connectivity index (χ2v) is 7.88. The molecular formula is C17H19Cl2N3OS. The molecule has 0 aliphatic carbocycles. The number of benzene rings is 1. The van der Waals surface area contributed by atoms with Crippen LogP contribution in [0.25, 0.3) is 10.6 Å². The summed E-state index contributed by atoms with van der Waals surface area (Å²) in [6, 6.07) is 5.36. The van der Waals surface area contributed by atoms with Crippen LogP contribution in [0.1, 0.15) is 30.3 Å². The average molecular weight is 384 g/mol. The van der Waals surface area contributed by atoms with Crippen LogP contribution in [-0.4, -0.2) is 34.9 Å². The Morgan fingerprint density at radius 2 is 2.25 bits per heavy atom. The maximum Gasteiger partial charge on any atom is 0.273 e. The zero-order chi connectivity index (χ0) is 17.3. The van der Waals surface area contributed by atoms with Crippen LogP contribution in [0.3, 0.4) is 0 Å². The molecule has 0 radical (unpaired) electrons. The number of nitrogens with two attached hydrogens (primary N) is 1. The largest absolute Gasteiger partial charge is 0.333 e. The van der Waals surface area contributed by atoms with Gasteiger partial charge < -0.3 is 10.6 Å². The van der Waals surface area contributed by atoms with Gasteiger partial charge in [-0.05, 0) is 37.0 Å². The summed E-state index contributed by atoms with van der Waals surface area (Å²) in [5.41, 5.74) is 7.10. The van der Waals surface area contributed by atoms with Gasteiger partial charge in [-0.3, -0.25) is 4.79 Å². The predicted octanol–water partition coefficient (Wildman–Crippen LogP) is 4.32. The van der Waals surface area contributed by atoms with Crippen LogP contribution >= 0.6 is 34.5 Å². The van der Waals surface area contributed by atoms with Crippen molar-refractivity contribution in [1.29, 1.82) is 0 Å². The van der Waals surface area contributed by atoms with Crippen molar-refractivity contribution in [2.45, 2.75) is 25.8 Å². The maximum absolute atomic E-state index is 12.8. The van der Waals surface area contributed by atoms with E-state index in [4.69, 9.17) is 28.9 Å². The zero-order valence-corrected chi connectivity index (χ0v) is 15.7. The van der Waals surface area contributed by atoms with Crippen molar-refractivity contribution in [1.82, 2.24) is 9.88 Å². The third kappa shape index (κ3) is 3.59. The number of carbonyl (C=O) groups excluding carboxylic acids is 1. The molecule has 0 spiro atoms. The minimum atomic E-state index is -0.0510. The van der Waals surface area contributed by atoms with Crippen molar-refractivity contribution < 1.29 is 4.79 Å². The summed E-state index contributed by atoms with van der Waals surface area (Å²) in [4.78, 5) is 19.2. The lowest BCUT2D eigenvalue weighted by atomic mass is 9.92. The second kappa shape index (κ2) is 7.40. The van der Waals surface area contributed by atoms with E-state index >= 15 is 0 Å². The number of thiazole rings is 1. The fourth-order valence-corrected chi connectivity index (χ4v) is 4.43. The van der Waals surface area contributed by atoms with E-state index in [1.165, 1.54) is 11.3 Å². The minimum Gasteiger partial charge on any atom is -0.333 e. The molecule has 24 heavy (non-hydrogen) atoms. The summed E-state index contributed by atoms with van der Waals surface area (Å²) >= 11 is 13.6. The SMILES string of the molecule is CC1CCN(C(=O)c2csc(-c3ccc(Cl)cc3Cl)n2)C(CN)C1. The normalized spacial score (nSPS) is 21.1. The van der Waals surface area contributed by atoms with Crippen molar-refractivity contribution in [3.05, 3.63) is 39.3 Å². The Hall–Kier alpha value is -1.14. The Balaban J connectivity index is 1.83. The molecule has 4 nitrogen and oxygen atoms in total. The molecule has 1 aliphatic rings. The van der Waals surface area contributed by atoms with Gasteiger partial charge in [-0.2, -0.15) is 0 Å². The number of nitrogens with zero attached hydrogens (tertiary/aromatic N) is 2. The highest BCUT2D eigenvalue weighted by atomic mass is 35.5. The molecule has 0 bridgehead atoms. The first-order chi connectivity index (χ1) is 11.5. The Kier molecular flexibility index (Phi) is 5.45. The van der Waals surface area contributed by atoms with Crippen molar-refractivity contribution in [2.24, 2.45) is 11.7 Å². The van der Waals surface area contributed by atoms with E-state index in [9.17, 15) is 4.79 Å². The number of rotatable bonds is 3. The standard InChI is InChI=1S/C17H19Cl2N3OS/c1-10-4-5-22(12(6-10)8-20)17(23)15-9-24-16(21-15)13-3-2-11(18)7-14(13)19/h2-3,7,9-10,12H,4-6,8,20H2,1H3. The fraction of sp³-hybridized carbons (Fsp3) is 0.412. The molecule has 3 rings (SSSR count). The van der Waals surface area contributed by atoms with Gasteiger partial charge in [0, 0.05) is 35.1 Å². The van der Waals surface area contributed by atoms with Crippen molar-refractivity contribution in [3.63, 3.8) is 0 Å². The summed E-state index contributed by atoms with van der Waals surface area (Å²) in [7, 11) is 0. The molecule has 1 aromatic heterocycles. The van der Waals surface area contributed by atoms with Crippen LogP contribution in [-0.2, 0) is 0 Å². The van der Waals surface area contributed by atoms with Crippen LogP contribution in [0.5, 0.6) is 0 Å². The summed E-state index contributed by atoms with van der Waals surface area (Å²) in [5.74, 6) is 0.548.